The normalized spacial score (nSPS) is 11.8. The summed E-state index contributed by atoms with van der Waals surface area (Å²) in [7, 11) is 0. The molecule has 1 amide bonds. The lowest BCUT2D eigenvalue weighted by atomic mass is 10.00. The SMILES string of the molecule is Cc1ccnc(N[C@@H](c2ccccn2)c2c(NC(=O)c3ccco3)sc(C)c2C)c1. The second-order valence-corrected chi connectivity index (χ2v) is 8.23. The second-order valence-electron chi connectivity index (χ2n) is 7.01. The van der Waals surface area contributed by atoms with Gasteiger partial charge in [0, 0.05) is 22.8 Å². The van der Waals surface area contributed by atoms with Gasteiger partial charge in [-0.2, -0.15) is 0 Å². The fourth-order valence-electron chi connectivity index (χ4n) is 3.26. The lowest BCUT2D eigenvalue weighted by Gasteiger charge is -2.21. The van der Waals surface area contributed by atoms with E-state index in [9.17, 15) is 4.79 Å². The average molecular weight is 419 g/mol. The molecule has 152 valence electrons. The molecule has 4 heterocycles. The number of carbonyl (C=O) groups is 1. The number of hydrogen-bond donors (Lipinski definition) is 2. The van der Waals surface area contributed by atoms with E-state index in [0.717, 1.165) is 38.1 Å². The van der Waals surface area contributed by atoms with Crippen molar-refractivity contribution >= 4 is 28.1 Å². The van der Waals surface area contributed by atoms with Gasteiger partial charge in [0.1, 0.15) is 10.8 Å². The van der Waals surface area contributed by atoms with E-state index in [4.69, 9.17) is 4.42 Å². The molecule has 0 unspecified atom stereocenters. The number of anilines is 2. The molecule has 0 saturated heterocycles. The summed E-state index contributed by atoms with van der Waals surface area (Å²) in [5.41, 5.74) is 4.03. The van der Waals surface area contributed by atoms with Crippen LogP contribution in [0.25, 0.3) is 0 Å². The number of nitrogens with zero attached hydrogens (tertiary/aromatic N) is 2. The smallest absolute Gasteiger partial charge is 0.291 e. The Morgan fingerprint density at radius 1 is 1.07 bits per heavy atom. The van der Waals surface area contributed by atoms with E-state index in [1.54, 1.807) is 35.9 Å². The molecule has 30 heavy (non-hydrogen) atoms. The molecule has 6 nitrogen and oxygen atoms in total. The Kier molecular flexibility index (Phi) is 5.63. The van der Waals surface area contributed by atoms with Crippen LogP contribution in [0, 0.1) is 20.8 Å². The molecule has 4 aromatic heterocycles. The van der Waals surface area contributed by atoms with Crippen LogP contribution in [0.4, 0.5) is 10.8 Å². The fraction of sp³-hybridized carbons (Fsp3) is 0.174. The van der Waals surface area contributed by atoms with Crippen LogP contribution >= 0.6 is 11.3 Å². The van der Waals surface area contributed by atoms with Crippen molar-refractivity contribution in [3.8, 4) is 0 Å². The van der Waals surface area contributed by atoms with E-state index in [-0.39, 0.29) is 17.7 Å². The van der Waals surface area contributed by atoms with E-state index in [1.807, 2.05) is 44.2 Å². The number of furan rings is 1. The van der Waals surface area contributed by atoms with Crippen LogP contribution in [0.15, 0.2) is 65.5 Å². The molecule has 0 saturated carbocycles. The molecule has 2 N–H and O–H groups in total. The van der Waals surface area contributed by atoms with Crippen molar-refractivity contribution in [2.45, 2.75) is 26.8 Å². The summed E-state index contributed by atoms with van der Waals surface area (Å²) >= 11 is 1.54. The molecule has 0 aliphatic rings. The Hall–Kier alpha value is -3.45. The number of pyridine rings is 2. The highest BCUT2D eigenvalue weighted by molar-refractivity contribution is 7.16. The minimum atomic E-state index is -0.282. The zero-order chi connectivity index (χ0) is 21.1. The van der Waals surface area contributed by atoms with Crippen molar-refractivity contribution in [3.05, 3.63) is 94.1 Å². The number of hydrogen-bond acceptors (Lipinski definition) is 6. The highest BCUT2D eigenvalue weighted by atomic mass is 32.1. The van der Waals surface area contributed by atoms with Crippen molar-refractivity contribution in [1.29, 1.82) is 0 Å². The number of aryl methyl sites for hydroxylation is 2. The quantitative estimate of drug-likeness (QED) is 0.432. The van der Waals surface area contributed by atoms with Gasteiger partial charge in [0.05, 0.1) is 18.0 Å². The van der Waals surface area contributed by atoms with Gasteiger partial charge >= 0.3 is 0 Å². The first kappa shape index (κ1) is 19.8. The summed E-state index contributed by atoms with van der Waals surface area (Å²) in [5, 5.41) is 7.30. The molecule has 1 atom stereocenters. The van der Waals surface area contributed by atoms with E-state index in [0.29, 0.717) is 0 Å². The molecule has 0 bridgehead atoms. The third-order valence-electron chi connectivity index (χ3n) is 4.88. The highest BCUT2D eigenvalue weighted by Crippen LogP contribution is 2.40. The lowest BCUT2D eigenvalue weighted by molar-refractivity contribution is 0.0997. The average Bonchev–Trinajstić information content (AvgIpc) is 3.37. The molecular weight excluding hydrogens is 396 g/mol. The standard InChI is InChI=1S/C23H22N4O2S/c1-14-9-11-25-19(13-14)26-21(17-7-4-5-10-24-17)20-15(2)16(3)30-23(20)27-22(28)18-8-6-12-29-18/h4-13,21H,1-3H3,(H,25,26)(H,27,28)/t21-/m0/s1. The zero-order valence-corrected chi connectivity index (χ0v) is 17.8. The highest BCUT2D eigenvalue weighted by Gasteiger charge is 2.26. The Morgan fingerprint density at radius 2 is 1.93 bits per heavy atom. The van der Waals surface area contributed by atoms with Crippen molar-refractivity contribution in [2.75, 3.05) is 10.6 Å². The summed E-state index contributed by atoms with van der Waals surface area (Å²) in [6.45, 7) is 6.13. The monoisotopic (exact) mass is 418 g/mol. The van der Waals surface area contributed by atoms with Crippen LogP contribution in [0.5, 0.6) is 0 Å². The minimum Gasteiger partial charge on any atom is -0.459 e. The van der Waals surface area contributed by atoms with Gasteiger partial charge in [-0.3, -0.25) is 9.78 Å². The number of amides is 1. The summed E-state index contributed by atoms with van der Waals surface area (Å²) in [5.74, 6) is 0.737. The van der Waals surface area contributed by atoms with E-state index >= 15 is 0 Å². The summed E-state index contributed by atoms with van der Waals surface area (Å²) in [6, 6.07) is 12.8. The number of carbonyl (C=O) groups excluding carboxylic acids is 1. The van der Waals surface area contributed by atoms with Crippen LogP contribution in [0.1, 0.15) is 43.9 Å². The molecule has 0 fully saturated rings. The maximum absolute atomic E-state index is 12.7. The van der Waals surface area contributed by atoms with Gasteiger partial charge in [0.2, 0.25) is 0 Å². The summed E-state index contributed by atoms with van der Waals surface area (Å²) in [4.78, 5) is 22.8. The van der Waals surface area contributed by atoms with Gasteiger partial charge in [-0.25, -0.2) is 4.98 Å². The molecule has 0 aliphatic carbocycles. The van der Waals surface area contributed by atoms with Gasteiger partial charge in [0.25, 0.3) is 5.91 Å². The maximum Gasteiger partial charge on any atom is 0.291 e. The summed E-state index contributed by atoms with van der Waals surface area (Å²) < 4.78 is 5.25. The largest absolute Gasteiger partial charge is 0.459 e. The van der Waals surface area contributed by atoms with E-state index in [1.165, 1.54) is 6.26 Å². The van der Waals surface area contributed by atoms with Crippen LogP contribution in [0.2, 0.25) is 0 Å². The first-order valence-electron chi connectivity index (χ1n) is 9.58. The molecule has 0 aromatic carbocycles. The first-order chi connectivity index (χ1) is 14.5. The maximum atomic E-state index is 12.7. The minimum absolute atomic E-state index is 0.271. The zero-order valence-electron chi connectivity index (χ0n) is 17.0. The van der Waals surface area contributed by atoms with Crippen LogP contribution in [-0.2, 0) is 0 Å². The van der Waals surface area contributed by atoms with Gasteiger partial charge in [0.15, 0.2) is 5.76 Å². The molecular formula is C23H22N4O2S. The summed E-state index contributed by atoms with van der Waals surface area (Å²) in [6.07, 6.45) is 5.03. The van der Waals surface area contributed by atoms with Gasteiger partial charge < -0.3 is 15.1 Å². The molecule has 0 radical (unpaired) electrons. The van der Waals surface area contributed by atoms with E-state index in [2.05, 4.69) is 27.5 Å². The van der Waals surface area contributed by atoms with Crippen molar-refractivity contribution in [3.63, 3.8) is 0 Å². The van der Waals surface area contributed by atoms with Crippen LogP contribution in [-0.4, -0.2) is 15.9 Å². The molecule has 0 spiro atoms. The van der Waals surface area contributed by atoms with Gasteiger partial charge in [-0.1, -0.05) is 6.07 Å². The second kappa shape index (κ2) is 8.51. The number of thiophene rings is 1. The van der Waals surface area contributed by atoms with Crippen molar-refractivity contribution < 1.29 is 9.21 Å². The first-order valence-corrected chi connectivity index (χ1v) is 10.4. The van der Waals surface area contributed by atoms with Crippen molar-refractivity contribution in [1.82, 2.24) is 9.97 Å². The predicted molar refractivity (Wildman–Crippen MR) is 119 cm³/mol. The number of nitrogens with one attached hydrogen (secondary N) is 2. The third kappa shape index (κ3) is 4.11. The molecule has 7 heteroatoms. The Bertz CT molecular complexity index is 1150. The van der Waals surface area contributed by atoms with Gasteiger partial charge in [-0.05, 0) is 68.3 Å². The van der Waals surface area contributed by atoms with Crippen LogP contribution < -0.4 is 10.6 Å². The Balaban J connectivity index is 1.77. The van der Waals surface area contributed by atoms with Gasteiger partial charge in [-0.15, -0.1) is 11.3 Å². The third-order valence-corrected chi connectivity index (χ3v) is 6.02. The fourth-order valence-corrected chi connectivity index (χ4v) is 4.36. The number of aromatic nitrogens is 2. The van der Waals surface area contributed by atoms with Crippen molar-refractivity contribution in [2.24, 2.45) is 0 Å². The molecule has 4 aromatic rings. The van der Waals surface area contributed by atoms with E-state index < -0.39 is 0 Å². The molecule has 0 aliphatic heterocycles. The lowest BCUT2D eigenvalue weighted by Crippen LogP contribution is -2.18. The number of rotatable bonds is 6. The van der Waals surface area contributed by atoms with Crippen LogP contribution in [0.3, 0.4) is 0 Å². The molecule has 4 rings (SSSR count). The Labute approximate surface area is 179 Å². The Morgan fingerprint density at radius 3 is 2.63 bits per heavy atom. The predicted octanol–water partition coefficient (Wildman–Crippen LogP) is 5.51. The topological polar surface area (TPSA) is 80.0 Å².